The van der Waals surface area contributed by atoms with Gasteiger partial charge < -0.3 is 10.2 Å². The van der Waals surface area contributed by atoms with Crippen LogP contribution in [-0.4, -0.2) is 33.7 Å². The van der Waals surface area contributed by atoms with E-state index in [2.05, 4.69) is 9.98 Å². The molecule has 0 saturated heterocycles. The van der Waals surface area contributed by atoms with Crippen LogP contribution in [0.1, 0.15) is 61.8 Å². The van der Waals surface area contributed by atoms with Gasteiger partial charge in [-0.3, -0.25) is 9.98 Å². The Kier molecular flexibility index (Phi) is 6.74. The average molecular weight is 486 g/mol. The van der Waals surface area contributed by atoms with Gasteiger partial charge in [0.05, 0.1) is 22.2 Å². The molecular weight excluding hydrogens is 462 g/mol. The number of hydrogen-bond donors (Lipinski definition) is 2. The van der Waals surface area contributed by atoms with Crippen LogP contribution in [-0.2, 0) is 12.4 Å². The van der Waals surface area contributed by atoms with Crippen molar-refractivity contribution in [3.05, 3.63) is 58.7 Å². The predicted molar refractivity (Wildman–Crippen MR) is 117 cm³/mol. The van der Waals surface area contributed by atoms with Crippen molar-refractivity contribution in [3.63, 3.8) is 0 Å². The maximum atomic E-state index is 13.1. The lowest BCUT2D eigenvalue weighted by Gasteiger charge is -2.44. The Labute approximate surface area is 192 Å². The Morgan fingerprint density at radius 2 is 1.06 bits per heavy atom. The first-order chi connectivity index (χ1) is 15.7. The minimum Gasteiger partial charge on any atom is -0.507 e. The van der Waals surface area contributed by atoms with Crippen LogP contribution in [0.3, 0.4) is 0 Å². The first-order valence-corrected chi connectivity index (χ1v) is 10.6. The molecule has 1 fully saturated rings. The standard InChI is InChI=1S/C24H24F6N2O2/c1-21(31-13-15-7-5-9-17(19(15)33)23(25,26)27)11-3-4-12-22(21,2)32-14-16-8-6-10-18(20(16)34)24(28,29)30/h5-10,13-14,33-34H,3-4,11-12H2,1-2H3/t21-,22-/m1/s1. The Balaban J connectivity index is 1.96. The summed E-state index contributed by atoms with van der Waals surface area (Å²) in [6.07, 6.45) is -4.54. The molecule has 0 heterocycles. The maximum absolute atomic E-state index is 13.1. The fourth-order valence-electron chi connectivity index (χ4n) is 4.10. The molecule has 0 amide bonds. The third-order valence-electron chi connectivity index (χ3n) is 6.46. The van der Waals surface area contributed by atoms with Gasteiger partial charge in [-0.15, -0.1) is 0 Å². The number of benzene rings is 2. The molecule has 1 aliphatic rings. The van der Waals surface area contributed by atoms with Crippen molar-refractivity contribution in [3.8, 4) is 11.5 Å². The van der Waals surface area contributed by atoms with Gasteiger partial charge in [0, 0.05) is 23.6 Å². The molecule has 2 atom stereocenters. The van der Waals surface area contributed by atoms with Crippen LogP contribution in [0.25, 0.3) is 0 Å². The quantitative estimate of drug-likeness (QED) is 0.370. The van der Waals surface area contributed by atoms with E-state index in [-0.39, 0.29) is 11.1 Å². The zero-order valence-electron chi connectivity index (χ0n) is 18.5. The summed E-state index contributed by atoms with van der Waals surface area (Å²) in [6, 6.07) is 6.49. The second kappa shape index (κ2) is 8.96. The summed E-state index contributed by atoms with van der Waals surface area (Å²) >= 11 is 0. The monoisotopic (exact) mass is 486 g/mol. The van der Waals surface area contributed by atoms with Crippen molar-refractivity contribution in [1.29, 1.82) is 0 Å². The molecule has 0 radical (unpaired) electrons. The smallest absolute Gasteiger partial charge is 0.419 e. The van der Waals surface area contributed by atoms with Crippen molar-refractivity contribution >= 4 is 12.4 Å². The fraction of sp³-hybridized carbons (Fsp3) is 0.417. The average Bonchev–Trinajstić information content (AvgIpc) is 2.73. The molecule has 3 rings (SSSR count). The molecule has 0 unspecified atom stereocenters. The van der Waals surface area contributed by atoms with Crippen LogP contribution in [0.4, 0.5) is 26.3 Å². The Bertz CT molecular complexity index is 1020. The Morgan fingerprint density at radius 3 is 1.38 bits per heavy atom. The minimum absolute atomic E-state index is 0.108. The summed E-state index contributed by atoms with van der Waals surface area (Å²) in [4.78, 5) is 9.01. The fourth-order valence-corrected chi connectivity index (χ4v) is 4.10. The SMILES string of the molecule is C[C@@]1(N=Cc2cccc(C(F)(F)F)c2O)CCCC[C@@]1(C)N=Cc1cccc(C(F)(F)F)c1O. The molecule has 0 aromatic heterocycles. The second-order valence-corrected chi connectivity index (χ2v) is 8.75. The van der Waals surface area contributed by atoms with Crippen molar-refractivity contribution in [2.45, 2.75) is 63.0 Å². The number of phenolic OH excluding ortho intramolecular Hbond substituents is 2. The van der Waals surface area contributed by atoms with Crippen LogP contribution in [0.2, 0.25) is 0 Å². The van der Waals surface area contributed by atoms with Gasteiger partial charge in [0.25, 0.3) is 0 Å². The summed E-state index contributed by atoms with van der Waals surface area (Å²) in [5, 5.41) is 20.2. The van der Waals surface area contributed by atoms with Crippen LogP contribution >= 0.6 is 0 Å². The number of phenols is 2. The first-order valence-electron chi connectivity index (χ1n) is 10.6. The lowest BCUT2D eigenvalue weighted by Crippen LogP contribution is -2.49. The van der Waals surface area contributed by atoms with Crippen LogP contribution in [0, 0.1) is 0 Å². The summed E-state index contributed by atoms with van der Waals surface area (Å²) in [5.74, 6) is -1.87. The van der Waals surface area contributed by atoms with Gasteiger partial charge in [-0.25, -0.2) is 0 Å². The minimum atomic E-state index is -4.73. The number of halogens is 6. The number of aliphatic imine (C=N–C) groups is 2. The number of alkyl halides is 6. The van der Waals surface area contributed by atoms with E-state index in [1.807, 2.05) is 0 Å². The number of rotatable bonds is 4. The molecule has 0 bridgehead atoms. The summed E-state index contributed by atoms with van der Waals surface area (Å²) < 4.78 is 78.6. The van der Waals surface area contributed by atoms with Gasteiger partial charge in [-0.2, -0.15) is 26.3 Å². The molecular formula is C24H24F6N2O2. The van der Waals surface area contributed by atoms with Crippen LogP contribution < -0.4 is 0 Å². The molecule has 0 spiro atoms. The lowest BCUT2D eigenvalue weighted by molar-refractivity contribution is -0.139. The van der Waals surface area contributed by atoms with Gasteiger partial charge in [0.1, 0.15) is 11.5 Å². The first kappa shape index (κ1) is 25.6. The topological polar surface area (TPSA) is 65.2 Å². The molecule has 2 aromatic carbocycles. The molecule has 10 heteroatoms. The van der Waals surface area contributed by atoms with E-state index in [9.17, 15) is 36.6 Å². The van der Waals surface area contributed by atoms with Crippen molar-refractivity contribution in [2.75, 3.05) is 0 Å². The Morgan fingerprint density at radius 1 is 0.706 bits per heavy atom. The summed E-state index contributed by atoms with van der Waals surface area (Å²) in [7, 11) is 0. The highest BCUT2D eigenvalue weighted by Gasteiger charge is 2.46. The van der Waals surface area contributed by atoms with E-state index in [0.717, 1.165) is 25.0 Å². The van der Waals surface area contributed by atoms with E-state index < -0.39 is 46.1 Å². The number of nitrogens with zero attached hydrogens (tertiary/aromatic N) is 2. The summed E-state index contributed by atoms with van der Waals surface area (Å²) in [5.41, 5.74) is -4.40. The van der Waals surface area contributed by atoms with Gasteiger partial charge in [-0.05, 0) is 51.0 Å². The van der Waals surface area contributed by atoms with Crippen molar-refractivity contribution < 1.29 is 36.6 Å². The molecule has 2 aromatic rings. The third-order valence-corrected chi connectivity index (χ3v) is 6.46. The lowest BCUT2D eigenvalue weighted by atomic mass is 9.69. The van der Waals surface area contributed by atoms with Gasteiger partial charge >= 0.3 is 12.4 Å². The van der Waals surface area contributed by atoms with Gasteiger partial charge in [0.15, 0.2) is 0 Å². The molecule has 4 nitrogen and oxygen atoms in total. The molecule has 2 N–H and O–H groups in total. The van der Waals surface area contributed by atoms with Crippen molar-refractivity contribution in [2.24, 2.45) is 9.98 Å². The number of para-hydroxylation sites is 2. The maximum Gasteiger partial charge on any atom is 0.419 e. The van der Waals surface area contributed by atoms with Gasteiger partial charge in [0.2, 0.25) is 0 Å². The third kappa shape index (κ3) is 5.05. The van der Waals surface area contributed by atoms with E-state index in [1.165, 1.54) is 36.7 Å². The zero-order chi connectivity index (χ0) is 25.4. The highest BCUT2D eigenvalue weighted by molar-refractivity contribution is 5.85. The largest absolute Gasteiger partial charge is 0.507 e. The number of aromatic hydroxyl groups is 2. The van der Waals surface area contributed by atoms with Crippen LogP contribution in [0.5, 0.6) is 11.5 Å². The molecule has 1 saturated carbocycles. The predicted octanol–water partition coefficient (Wildman–Crippen LogP) is 6.76. The summed E-state index contributed by atoms with van der Waals surface area (Å²) in [6.45, 7) is 3.52. The molecule has 184 valence electrons. The highest BCUT2D eigenvalue weighted by Crippen LogP contribution is 2.44. The molecule has 34 heavy (non-hydrogen) atoms. The highest BCUT2D eigenvalue weighted by atomic mass is 19.4. The normalized spacial score (nSPS) is 24.2. The molecule has 1 aliphatic carbocycles. The van der Waals surface area contributed by atoms with E-state index >= 15 is 0 Å². The number of hydrogen-bond acceptors (Lipinski definition) is 4. The zero-order valence-corrected chi connectivity index (χ0v) is 18.5. The van der Waals surface area contributed by atoms with E-state index in [1.54, 1.807) is 13.8 Å². The second-order valence-electron chi connectivity index (χ2n) is 8.75. The van der Waals surface area contributed by atoms with E-state index in [4.69, 9.17) is 0 Å². The van der Waals surface area contributed by atoms with E-state index in [0.29, 0.717) is 12.8 Å². The van der Waals surface area contributed by atoms with Gasteiger partial charge in [-0.1, -0.05) is 25.0 Å². The molecule has 0 aliphatic heterocycles. The Hall–Kier alpha value is -3.04. The van der Waals surface area contributed by atoms with Crippen LogP contribution in [0.15, 0.2) is 46.4 Å². The van der Waals surface area contributed by atoms with Crippen molar-refractivity contribution in [1.82, 2.24) is 0 Å².